The molecule has 1 amide bonds. The molecule has 0 fully saturated rings. The molecule has 0 bridgehead atoms. The molecule has 0 atom stereocenters. The maximum atomic E-state index is 13.8. The molecular weight excluding hydrogens is 515 g/mol. The fourth-order valence-corrected chi connectivity index (χ4v) is 5.09. The second-order valence-electron chi connectivity index (χ2n) is 7.21. The van der Waals surface area contributed by atoms with Crippen molar-refractivity contribution < 1.29 is 27.4 Å². The summed E-state index contributed by atoms with van der Waals surface area (Å²) in [6, 6.07) is 15.7. The van der Waals surface area contributed by atoms with Crippen molar-refractivity contribution >= 4 is 44.8 Å². The van der Waals surface area contributed by atoms with E-state index in [1.807, 2.05) is 0 Å². The van der Waals surface area contributed by atoms with Crippen molar-refractivity contribution in [3.8, 4) is 17.2 Å². The summed E-state index contributed by atoms with van der Waals surface area (Å²) in [6.45, 7) is -0.423. The zero-order chi connectivity index (χ0) is 25.6. The van der Waals surface area contributed by atoms with E-state index in [1.165, 1.54) is 51.7 Å². The van der Waals surface area contributed by atoms with Gasteiger partial charge in [-0.3, -0.25) is 9.10 Å². The average molecular weight is 539 g/mol. The molecule has 0 spiro atoms. The van der Waals surface area contributed by atoms with Gasteiger partial charge < -0.3 is 19.5 Å². The first-order valence-corrected chi connectivity index (χ1v) is 12.5. The number of sulfonamides is 1. The first-order chi connectivity index (χ1) is 16.7. The summed E-state index contributed by atoms with van der Waals surface area (Å²) in [5, 5.41) is 3.46. The highest BCUT2D eigenvalue weighted by atomic mass is 35.5. The van der Waals surface area contributed by atoms with Gasteiger partial charge in [-0.1, -0.05) is 41.4 Å². The van der Waals surface area contributed by atoms with E-state index in [-0.39, 0.29) is 33.6 Å². The highest BCUT2D eigenvalue weighted by molar-refractivity contribution is 7.92. The summed E-state index contributed by atoms with van der Waals surface area (Å²) in [5.74, 6) is 0.235. The number of benzene rings is 3. The monoisotopic (exact) mass is 538 g/mol. The third kappa shape index (κ3) is 6.11. The van der Waals surface area contributed by atoms with Gasteiger partial charge in [0.2, 0.25) is 5.91 Å². The number of carbonyl (C=O) groups is 1. The summed E-state index contributed by atoms with van der Waals surface area (Å²) in [4.78, 5) is 12.8. The molecule has 11 heteroatoms. The van der Waals surface area contributed by atoms with Gasteiger partial charge in [-0.05, 0) is 42.0 Å². The minimum absolute atomic E-state index is 0.0997. The molecule has 8 nitrogen and oxygen atoms in total. The van der Waals surface area contributed by atoms with Crippen LogP contribution in [0, 0.1) is 0 Å². The van der Waals surface area contributed by atoms with Crippen LogP contribution < -0.4 is 23.8 Å². The van der Waals surface area contributed by atoms with Crippen molar-refractivity contribution in [1.82, 2.24) is 5.32 Å². The van der Waals surface area contributed by atoms with Crippen LogP contribution in [0.2, 0.25) is 10.0 Å². The maximum absolute atomic E-state index is 13.8. The van der Waals surface area contributed by atoms with Gasteiger partial charge in [0.1, 0.15) is 12.3 Å². The molecule has 3 aromatic carbocycles. The highest BCUT2D eigenvalue weighted by Gasteiger charge is 2.30. The number of methoxy groups -OCH3 is 3. The summed E-state index contributed by atoms with van der Waals surface area (Å²) < 4.78 is 44.3. The standard InChI is InChI=1S/C24H24Cl2N2O6S/c1-32-21-10-8-17(25)12-20(21)28(15-24(29)27-14-16-6-4-5-7-19(16)26)35(30,31)18-9-11-22(33-2)23(13-18)34-3/h4-13H,14-15H2,1-3H3,(H,27,29). The Morgan fingerprint density at radius 3 is 2.20 bits per heavy atom. The van der Waals surface area contributed by atoms with Gasteiger partial charge in [0.25, 0.3) is 10.0 Å². The van der Waals surface area contributed by atoms with Crippen LogP contribution in [0.4, 0.5) is 5.69 Å². The van der Waals surface area contributed by atoms with E-state index in [1.54, 1.807) is 30.3 Å². The molecule has 0 unspecified atom stereocenters. The molecule has 3 aromatic rings. The maximum Gasteiger partial charge on any atom is 0.265 e. The number of anilines is 1. The Balaban J connectivity index is 2.01. The zero-order valence-corrected chi connectivity index (χ0v) is 21.6. The van der Waals surface area contributed by atoms with Crippen molar-refractivity contribution in [3.05, 3.63) is 76.3 Å². The zero-order valence-electron chi connectivity index (χ0n) is 19.2. The van der Waals surface area contributed by atoms with Crippen molar-refractivity contribution in [3.63, 3.8) is 0 Å². The second-order valence-corrected chi connectivity index (χ2v) is 9.92. The molecular formula is C24H24Cl2N2O6S. The van der Waals surface area contributed by atoms with E-state index in [4.69, 9.17) is 37.4 Å². The molecule has 0 radical (unpaired) electrons. The Labute approximate surface area is 214 Å². The minimum Gasteiger partial charge on any atom is -0.495 e. The largest absolute Gasteiger partial charge is 0.495 e. The Kier molecular flexibility index (Phi) is 8.71. The lowest BCUT2D eigenvalue weighted by molar-refractivity contribution is -0.119. The number of nitrogens with one attached hydrogen (secondary N) is 1. The van der Waals surface area contributed by atoms with Gasteiger partial charge in [-0.15, -0.1) is 0 Å². The molecule has 1 N–H and O–H groups in total. The van der Waals surface area contributed by atoms with Crippen LogP contribution in [0.1, 0.15) is 5.56 Å². The smallest absolute Gasteiger partial charge is 0.265 e. The third-order valence-electron chi connectivity index (χ3n) is 5.07. The van der Waals surface area contributed by atoms with Gasteiger partial charge in [0.05, 0.1) is 31.9 Å². The normalized spacial score (nSPS) is 11.0. The number of rotatable bonds is 10. The number of hydrogen-bond donors (Lipinski definition) is 1. The van der Waals surface area contributed by atoms with E-state index in [9.17, 15) is 13.2 Å². The molecule has 0 saturated heterocycles. The lowest BCUT2D eigenvalue weighted by Gasteiger charge is -2.26. The van der Waals surface area contributed by atoms with E-state index >= 15 is 0 Å². The summed E-state index contributed by atoms with van der Waals surface area (Å²) in [7, 11) is -0.0408. The molecule has 0 saturated carbocycles. The molecule has 186 valence electrons. The van der Waals surface area contributed by atoms with Crippen LogP contribution in [0.15, 0.2) is 65.6 Å². The molecule has 0 aliphatic carbocycles. The first-order valence-electron chi connectivity index (χ1n) is 10.3. The SMILES string of the molecule is COc1ccc(S(=O)(=O)N(CC(=O)NCc2ccccc2Cl)c2cc(Cl)ccc2OC)cc1OC. The predicted octanol–water partition coefficient (Wildman–Crippen LogP) is 4.53. The van der Waals surface area contributed by atoms with Gasteiger partial charge >= 0.3 is 0 Å². The topological polar surface area (TPSA) is 94.2 Å². The lowest BCUT2D eigenvalue weighted by atomic mass is 10.2. The van der Waals surface area contributed by atoms with Gasteiger partial charge in [0.15, 0.2) is 11.5 Å². The fraction of sp³-hybridized carbons (Fsp3) is 0.208. The summed E-state index contributed by atoms with van der Waals surface area (Å²) in [5.41, 5.74) is 0.792. The molecule has 0 aliphatic rings. The summed E-state index contributed by atoms with van der Waals surface area (Å²) in [6.07, 6.45) is 0. The van der Waals surface area contributed by atoms with Gasteiger partial charge in [0, 0.05) is 22.7 Å². The number of halogens is 2. The van der Waals surface area contributed by atoms with Crippen LogP contribution in [0.25, 0.3) is 0 Å². The summed E-state index contributed by atoms with van der Waals surface area (Å²) >= 11 is 12.3. The Morgan fingerprint density at radius 2 is 1.54 bits per heavy atom. The molecule has 35 heavy (non-hydrogen) atoms. The van der Waals surface area contributed by atoms with E-state index in [0.717, 1.165) is 4.31 Å². The Bertz CT molecular complexity index is 1320. The Hall–Kier alpha value is -3.14. The van der Waals surface area contributed by atoms with Gasteiger partial charge in [-0.25, -0.2) is 8.42 Å². The lowest BCUT2D eigenvalue weighted by Crippen LogP contribution is -2.41. The van der Waals surface area contributed by atoms with E-state index < -0.39 is 22.5 Å². The molecule has 0 heterocycles. The number of ether oxygens (including phenoxy) is 3. The Morgan fingerprint density at radius 1 is 0.886 bits per heavy atom. The van der Waals surface area contributed by atoms with Crippen molar-refractivity contribution in [2.75, 3.05) is 32.2 Å². The minimum atomic E-state index is -4.27. The second kappa shape index (κ2) is 11.5. The highest BCUT2D eigenvalue weighted by Crippen LogP contribution is 2.37. The van der Waals surface area contributed by atoms with Crippen LogP contribution in [-0.4, -0.2) is 42.2 Å². The number of carbonyl (C=O) groups excluding carboxylic acids is 1. The van der Waals surface area contributed by atoms with Crippen molar-refractivity contribution in [2.45, 2.75) is 11.4 Å². The van der Waals surface area contributed by atoms with Crippen LogP contribution >= 0.6 is 23.2 Å². The van der Waals surface area contributed by atoms with E-state index in [2.05, 4.69) is 5.32 Å². The van der Waals surface area contributed by atoms with Crippen LogP contribution in [0.3, 0.4) is 0 Å². The predicted molar refractivity (Wildman–Crippen MR) is 135 cm³/mol. The number of amides is 1. The molecule has 0 aromatic heterocycles. The van der Waals surface area contributed by atoms with Crippen LogP contribution in [0.5, 0.6) is 17.2 Å². The van der Waals surface area contributed by atoms with Crippen molar-refractivity contribution in [2.24, 2.45) is 0 Å². The molecule has 3 rings (SSSR count). The average Bonchev–Trinajstić information content (AvgIpc) is 2.86. The molecule has 0 aliphatic heterocycles. The fourth-order valence-electron chi connectivity index (χ4n) is 3.28. The quantitative estimate of drug-likeness (QED) is 0.407. The van der Waals surface area contributed by atoms with E-state index in [0.29, 0.717) is 16.3 Å². The van der Waals surface area contributed by atoms with Crippen molar-refractivity contribution in [1.29, 1.82) is 0 Å². The third-order valence-corrected chi connectivity index (χ3v) is 7.43. The first kappa shape index (κ1) is 26.5. The number of nitrogens with zero attached hydrogens (tertiary/aromatic N) is 1. The van der Waals surface area contributed by atoms with Crippen LogP contribution in [-0.2, 0) is 21.4 Å². The van der Waals surface area contributed by atoms with Gasteiger partial charge in [-0.2, -0.15) is 0 Å². The number of hydrogen-bond acceptors (Lipinski definition) is 6.